The first-order valence-electron chi connectivity index (χ1n) is 7.39. The average molecular weight is 367 g/mol. The summed E-state index contributed by atoms with van der Waals surface area (Å²) < 4.78 is 5.17. The monoisotopic (exact) mass is 367 g/mol. The number of nitrogens with two attached hydrogens (primary N) is 1. The highest BCUT2D eigenvalue weighted by Crippen LogP contribution is 2.28. The zero-order chi connectivity index (χ0) is 17.2. The van der Waals surface area contributed by atoms with E-state index < -0.39 is 0 Å². The number of hydrogen-bond acceptors (Lipinski definition) is 7. The fraction of sp³-hybridized carbons (Fsp3) is 0.0588. The summed E-state index contributed by atoms with van der Waals surface area (Å²) in [6.45, 7) is 0. The van der Waals surface area contributed by atoms with Gasteiger partial charge in [-0.25, -0.2) is 15.0 Å². The van der Waals surface area contributed by atoms with Crippen LogP contribution >= 0.6 is 22.7 Å². The van der Waals surface area contributed by atoms with Gasteiger partial charge in [0.15, 0.2) is 10.8 Å². The van der Waals surface area contributed by atoms with E-state index in [2.05, 4.69) is 19.9 Å². The number of fused-ring (bicyclic) bond motifs is 1. The molecule has 0 amide bonds. The highest BCUT2D eigenvalue weighted by atomic mass is 32.1. The quantitative estimate of drug-likeness (QED) is 0.437. The van der Waals surface area contributed by atoms with Gasteiger partial charge in [-0.15, -0.1) is 11.3 Å². The summed E-state index contributed by atoms with van der Waals surface area (Å²) >= 11 is 2.85. The molecule has 0 spiro atoms. The van der Waals surface area contributed by atoms with E-state index in [-0.39, 0.29) is 0 Å². The molecule has 0 saturated carbocycles. The van der Waals surface area contributed by atoms with Gasteiger partial charge in [0, 0.05) is 17.1 Å². The van der Waals surface area contributed by atoms with Crippen LogP contribution in [0.1, 0.15) is 5.01 Å². The standard InChI is InChI=1S/C17H13N5OS2/c1-23-11-6-4-10(5-7-11)13-9-24-17(21-13)22-14(18)16-20-12-3-2-8-19-15(12)25-16/h2-9H,1H3,(H2,18,21,22). The minimum absolute atomic E-state index is 0.346. The summed E-state index contributed by atoms with van der Waals surface area (Å²) in [4.78, 5) is 18.5. The number of benzene rings is 1. The number of pyridine rings is 1. The minimum atomic E-state index is 0.346. The van der Waals surface area contributed by atoms with Gasteiger partial charge in [-0.1, -0.05) is 11.3 Å². The van der Waals surface area contributed by atoms with Crippen LogP contribution in [-0.4, -0.2) is 27.9 Å². The summed E-state index contributed by atoms with van der Waals surface area (Å²) in [5, 5.41) is 3.19. The number of methoxy groups -OCH3 is 1. The largest absolute Gasteiger partial charge is 0.497 e. The van der Waals surface area contributed by atoms with E-state index in [4.69, 9.17) is 10.5 Å². The van der Waals surface area contributed by atoms with Crippen LogP contribution in [0.15, 0.2) is 53.0 Å². The third-order valence-electron chi connectivity index (χ3n) is 3.48. The van der Waals surface area contributed by atoms with Crippen molar-refractivity contribution in [2.24, 2.45) is 10.7 Å². The first-order valence-corrected chi connectivity index (χ1v) is 9.08. The highest BCUT2D eigenvalue weighted by Gasteiger charge is 2.10. The Morgan fingerprint density at radius 1 is 1.16 bits per heavy atom. The molecule has 0 radical (unpaired) electrons. The number of ether oxygens (including phenoxy) is 1. The van der Waals surface area contributed by atoms with Crippen LogP contribution in [0.25, 0.3) is 21.6 Å². The summed E-state index contributed by atoms with van der Waals surface area (Å²) in [6.07, 6.45) is 1.74. The second-order valence-corrected chi connectivity index (χ2v) is 6.90. The fourth-order valence-corrected chi connectivity index (χ4v) is 3.76. The van der Waals surface area contributed by atoms with Gasteiger partial charge in [0.1, 0.15) is 16.1 Å². The lowest BCUT2D eigenvalue weighted by Gasteiger charge is -2.00. The second-order valence-electron chi connectivity index (χ2n) is 5.09. The van der Waals surface area contributed by atoms with Crippen LogP contribution in [0.4, 0.5) is 5.13 Å². The van der Waals surface area contributed by atoms with Crippen LogP contribution in [0.2, 0.25) is 0 Å². The number of rotatable bonds is 4. The minimum Gasteiger partial charge on any atom is -0.497 e. The Kier molecular flexibility index (Phi) is 4.12. The Labute approximate surface area is 151 Å². The molecule has 124 valence electrons. The van der Waals surface area contributed by atoms with Gasteiger partial charge in [-0.3, -0.25) is 0 Å². The zero-order valence-corrected chi connectivity index (χ0v) is 14.8. The summed E-state index contributed by atoms with van der Waals surface area (Å²) in [5.41, 5.74) is 8.77. The maximum Gasteiger partial charge on any atom is 0.211 e. The predicted molar refractivity (Wildman–Crippen MR) is 102 cm³/mol. The number of nitrogens with zero attached hydrogens (tertiary/aromatic N) is 4. The number of aromatic nitrogens is 3. The maximum absolute atomic E-state index is 6.10. The molecule has 4 aromatic rings. The number of amidine groups is 1. The second kappa shape index (κ2) is 6.58. The maximum atomic E-state index is 6.10. The topological polar surface area (TPSA) is 86.3 Å². The number of aliphatic imine (C=N–C) groups is 1. The molecule has 3 aromatic heterocycles. The van der Waals surface area contributed by atoms with Crippen molar-refractivity contribution in [2.45, 2.75) is 0 Å². The first-order chi connectivity index (χ1) is 12.2. The Morgan fingerprint density at radius 2 is 2.00 bits per heavy atom. The van der Waals surface area contributed by atoms with Crippen LogP contribution in [0.5, 0.6) is 5.75 Å². The molecule has 25 heavy (non-hydrogen) atoms. The molecule has 8 heteroatoms. The van der Waals surface area contributed by atoms with Crippen molar-refractivity contribution in [1.29, 1.82) is 0 Å². The summed E-state index contributed by atoms with van der Waals surface area (Å²) in [7, 11) is 1.64. The van der Waals surface area contributed by atoms with E-state index in [1.165, 1.54) is 22.7 Å². The van der Waals surface area contributed by atoms with Crippen molar-refractivity contribution >= 4 is 44.0 Å². The summed E-state index contributed by atoms with van der Waals surface area (Å²) in [6, 6.07) is 11.5. The zero-order valence-electron chi connectivity index (χ0n) is 13.2. The van der Waals surface area contributed by atoms with E-state index in [1.807, 2.05) is 41.8 Å². The van der Waals surface area contributed by atoms with Crippen molar-refractivity contribution in [1.82, 2.24) is 15.0 Å². The lowest BCUT2D eigenvalue weighted by atomic mass is 10.2. The number of hydrogen-bond donors (Lipinski definition) is 1. The van der Waals surface area contributed by atoms with E-state index in [1.54, 1.807) is 13.3 Å². The fourth-order valence-electron chi connectivity index (χ4n) is 2.24. The molecule has 0 atom stereocenters. The molecule has 1 aromatic carbocycles. The SMILES string of the molecule is COc1ccc(-c2csc(/N=C(\N)c3nc4cccnc4s3)n2)cc1. The van der Waals surface area contributed by atoms with Gasteiger partial charge in [0.05, 0.1) is 12.8 Å². The highest BCUT2D eigenvalue weighted by molar-refractivity contribution is 7.20. The van der Waals surface area contributed by atoms with Crippen LogP contribution < -0.4 is 10.5 Å². The van der Waals surface area contributed by atoms with Crippen LogP contribution in [-0.2, 0) is 0 Å². The van der Waals surface area contributed by atoms with E-state index in [9.17, 15) is 0 Å². The van der Waals surface area contributed by atoms with Crippen molar-refractivity contribution in [2.75, 3.05) is 7.11 Å². The van der Waals surface area contributed by atoms with Crippen molar-refractivity contribution in [3.63, 3.8) is 0 Å². The van der Waals surface area contributed by atoms with E-state index in [0.717, 1.165) is 27.4 Å². The third-order valence-corrected chi connectivity index (χ3v) is 5.22. The molecule has 0 fully saturated rings. The van der Waals surface area contributed by atoms with Gasteiger partial charge < -0.3 is 10.5 Å². The smallest absolute Gasteiger partial charge is 0.211 e. The molecule has 6 nitrogen and oxygen atoms in total. The van der Waals surface area contributed by atoms with Crippen molar-refractivity contribution in [3.8, 4) is 17.0 Å². The molecule has 2 N–H and O–H groups in total. The molecular formula is C17H13N5OS2. The Hall–Kier alpha value is -2.84. The van der Waals surface area contributed by atoms with Gasteiger partial charge >= 0.3 is 0 Å². The van der Waals surface area contributed by atoms with Crippen molar-refractivity contribution < 1.29 is 4.74 Å². The lowest BCUT2D eigenvalue weighted by molar-refractivity contribution is 0.415. The number of thiazole rings is 2. The van der Waals surface area contributed by atoms with Gasteiger partial charge in [0.25, 0.3) is 0 Å². The van der Waals surface area contributed by atoms with E-state index >= 15 is 0 Å². The van der Waals surface area contributed by atoms with Crippen LogP contribution in [0.3, 0.4) is 0 Å². The molecule has 0 saturated heterocycles. The molecule has 0 aliphatic heterocycles. The van der Waals surface area contributed by atoms with Crippen molar-refractivity contribution in [3.05, 3.63) is 53.0 Å². The molecule has 0 unspecified atom stereocenters. The molecule has 3 heterocycles. The predicted octanol–water partition coefficient (Wildman–Crippen LogP) is 3.86. The van der Waals surface area contributed by atoms with Gasteiger partial charge in [-0.2, -0.15) is 4.99 Å². The summed E-state index contributed by atoms with van der Waals surface area (Å²) in [5.74, 6) is 1.16. The Morgan fingerprint density at radius 3 is 2.76 bits per heavy atom. The first kappa shape index (κ1) is 15.7. The van der Waals surface area contributed by atoms with Crippen LogP contribution in [0, 0.1) is 0 Å². The Bertz CT molecular complexity index is 1020. The third kappa shape index (κ3) is 3.21. The molecule has 0 aliphatic rings. The van der Waals surface area contributed by atoms with E-state index in [0.29, 0.717) is 16.0 Å². The Balaban J connectivity index is 1.61. The lowest BCUT2D eigenvalue weighted by Crippen LogP contribution is -2.12. The average Bonchev–Trinajstić information content (AvgIpc) is 3.28. The van der Waals surface area contributed by atoms with Gasteiger partial charge in [0.2, 0.25) is 5.13 Å². The molecule has 4 rings (SSSR count). The van der Waals surface area contributed by atoms with Gasteiger partial charge in [-0.05, 0) is 36.4 Å². The normalized spacial score (nSPS) is 11.8. The molecule has 0 bridgehead atoms. The molecule has 0 aliphatic carbocycles. The molecular weight excluding hydrogens is 354 g/mol.